The molecule has 2 amide bonds. The van der Waals surface area contributed by atoms with Crippen molar-refractivity contribution in [1.29, 1.82) is 0 Å². The molecule has 3 aromatic rings. The molecule has 1 atom stereocenters. The van der Waals surface area contributed by atoms with E-state index in [2.05, 4.69) is 5.32 Å². The van der Waals surface area contributed by atoms with Crippen molar-refractivity contribution in [1.82, 2.24) is 10.2 Å². The van der Waals surface area contributed by atoms with E-state index in [1.807, 2.05) is 61.5 Å². The van der Waals surface area contributed by atoms with Crippen LogP contribution in [0, 0.1) is 6.92 Å². The number of methoxy groups -OCH3 is 1. The minimum Gasteiger partial charge on any atom is -0.497 e. The Hall–Kier alpha value is -3.51. The summed E-state index contributed by atoms with van der Waals surface area (Å²) in [5, 5.41) is 3.89. The first-order valence-electron chi connectivity index (χ1n) is 13.6. The number of carbonyl (C=O) groups is 2. The Balaban J connectivity index is 1.62. The lowest BCUT2D eigenvalue weighted by molar-refractivity contribution is -0.143. The van der Waals surface area contributed by atoms with Crippen molar-refractivity contribution >= 4 is 23.4 Å². The molecule has 1 aliphatic rings. The zero-order chi connectivity index (χ0) is 27.6. The molecule has 0 spiro atoms. The molecule has 0 bridgehead atoms. The van der Waals surface area contributed by atoms with Gasteiger partial charge in [-0.25, -0.2) is 0 Å². The molecular weight excluding hydrogens is 512 g/mol. The fourth-order valence-electron chi connectivity index (χ4n) is 5.00. The summed E-state index contributed by atoms with van der Waals surface area (Å²) in [6, 6.07) is 22.1. The summed E-state index contributed by atoms with van der Waals surface area (Å²) in [5.74, 6) is 0.839. The molecule has 0 aliphatic heterocycles. The highest BCUT2D eigenvalue weighted by atomic mass is 35.5. The van der Waals surface area contributed by atoms with Crippen molar-refractivity contribution < 1.29 is 19.1 Å². The molecule has 0 radical (unpaired) electrons. The molecule has 1 saturated carbocycles. The Kier molecular flexibility index (Phi) is 10.3. The average Bonchev–Trinajstić information content (AvgIpc) is 2.96. The van der Waals surface area contributed by atoms with Crippen molar-refractivity contribution in [3.8, 4) is 11.5 Å². The standard InChI is InChI=1S/C32H37ClN2O4/c1-23-18-28(16-17-29(23)33)39-22-31(36)35(21-25-12-9-15-27(19-25)38-2)30(20-24-10-5-3-6-11-24)32(37)34-26-13-7-4-8-14-26/h3,5-6,9-12,15-19,26,30H,4,7-8,13-14,20-22H2,1-2H3,(H,34,37)/t30-/m0/s1. The molecule has 6 nitrogen and oxygen atoms in total. The van der Waals surface area contributed by atoms with E-state index in [1.54, 1.807) is 30.2 Å². The summed E-state index contributed by atoms with van der Waals surface area (Å²) in [6.07, 6.45) is 5.74. The summed E-state index contributed by atoms with van der Waals surface area (Å²) in [6.45, 7) is 1.93. The number of amides is 2. The van der Waals surface area contributed by atoms with E-state index in [0.717, 1.165) is 42.4 Å². The van der Waals surface area contributed by atoms with E-state index >= 15 is 0 Å². The van der Waals surface area contributed by atoms with Crippen molar-refractivity contribution in [3.63, 3.8) is 0 Å². The van der Waals surface area contributed by atoms with Crippen molar-refractivity contribution in [2.24, 2.45) is 0 Å². The van der Waals surface area contributed by atoms with Gasteiger partial charge in [-0.05, 0) is 66.8 Å². The van der Waals surface area contributed by atoms with Crippen molar-refractivity contribution in [2.75, 3.05) is 13.7 Å². The Morgan fingerprint density at radius 2 is 1.69 bits per heavy atom. The first-order chi connectivity index (χ1) is 18.9. The van der Waals surface area contributed by atoms with Crippen LogP contribution in [0.15, 0.2) is 72.8 Å². The van der Waals surface area contributed by atoms with E-state index in [1.165, 1.54) is 6.42 Å². The molecule has 0 aromatic heterocycles. The third kappa shape index (κ3) is 8.24. The Bertz CT molecular complexity index is 1240. The molecule has 0 saturated heterocycles. The van der Waals surface area contributed by atoms with Crippen LogP contribution in [-0.2, 0) is 22.6 Å². The normalized spacial score (nSPS) is 14.3. The van der Waals surface area contributed by atoms with Crippen LogP contribution < -0.4 is 14.8 Å². The number of benzene rings is 3. The number of nitrogens with zero attached hydrogens (tertiary/aromatic N) is 1. The van der Waals surface area contributed by atoms with Gasteiger partial charge in [-0.2, -0.15) is 0 Å². The lowest BCUT2D eigenvalue weighted by Gasteiger charge is -2.33. The number of rotatable bonds is 11. The first-order valence-corrected chi connectivity index (χ1v) is 14.0. The lowest BCUT2D eigenvalue weighted by Crippen LogP contribution is -2.53. The molecule has 1 aliphatic carbocycles. The fourth-order valence-corrected chi connectivity index (χ4v) is 5.12. The summed E-state index contributed by atoms with van der Waals surface area (Å²) >= 11 is 6.16. The van der Waals surface area contributed by atoms with E-state index in [4.69, 9.17) is 21.1 Å². The average molecular weight is 549 g/mol. The van der Waals surface area contributed by atoms with Crippen LogP contribution >= 0.6 is 11.6 Å². The summed E-state index contributed by atoms with van der Waals surface area (Å²) in [5.41, 5.74) is 2.72. The summed E-state index contributed by atoms with van der Waals surface area (Å²) in [4.78, 5) is 29.3. The van der Waals surface area contributed by atoms with Gasteiger partial charge >= 0.3 is 0 Å². The predicted molar refractivity (Wildman–Crippen MR) is 154 cm³/mol. The SMILES string of the molecule is COc1cccc(CN(C(=O)COc2ccc(Cl)c(C)c2)[C@@H](Cc2ccccc2)C(=O)NC2CCCCC2)c1. The zero-order valence-corrected chi connectivity index (χ0v) is 23.5. The highest BCUT2D eigenvalue weighted by Crippen LogP contribution is 2.23. The van der Waals surface area contributed by atoms with E-state index < -0.39 is 6.04 Å². The van der Waals surface area contributed by atoms with Gasteiger partial charge < -0.3 is 19.7 Å². The number of hydrogen-bond acceptors (Lipinski definition) is 4. The molecule has 0 heterocycles. The number of halogens is 1. The molecule has 1 fully saturated rings. The molecule has 206 valence electrons. The summed E-state index contributed by atoms with van der Waals surface area (Å²) in [7, 11) is 1.61. The van der Waals surface area contributed by atoms with E-state index in [9.17, 15) is 9.59 Å². The van der Waals surface area contributed by atoms with E-state index in [-0.39, 0.29) is 31.0 Å². The Morgan fingerprint density at radius 1 is 0.949 bits per heavy atom. The van der Waals surface area contributed by atoms with Gasteiger partial charge in [0.25, 0.3) is 5.91 Å². The zero-order valence-electron chi connectivity index (χ0n) is 22.7. The monoisotopic (exact) mass is 548 g/mol. The topological polar surface area (TPSA) is 67.9 Å². The highest BCUT2D eigenvalue weighted by molar-refractivity contribution is 6.31. The van der Waals surface area contributed by atoms with Gasteiger partial charge in [0.15, 0.2) is 6.61 Å². The smallest absolute Gasteiger partial charge is 0.261 e. The van der Waals surface area contributed by atoms with Crippen LogP contribution in [0.4, 0.5) is 0 Å². The minimum atomic E-state index is -0.705. The van der Waals surface area contributed by atoms with Crippen molar-refractivity contribution in [3.05, 3.63) is 94.5 Å². The third-order valence-corrected chi connectivity index (χ3v) is 7.63. The lowest BCUT2D eigenvalue weighted by atomic mass is 9.94. The van der Waals surface area contributed by atoms with Gasteiger partial charge in [-0.1, -0.05) is 73.3 Å². The highest BCUT2D eigenvalue weighted by Gasteiger charge is 2.32. The fraction of sp³-hybridized carbons (Fsp3) is 0.375. The van der Waals surface area contributed by atoms with Crippen LogP contribution in [0.1, 0.15) is 48.8 Å². The molecular formula is C32H37ClN2O4. The molecule has 4 rings (SSSR count). The van der Waals surface area contributed by atoms with Crippen LogP contribution in [0.2, 0.25) is 5.02 Å². The number of carbonyl (C=O) groups excluding carboxylic acids is 2. The number of hydrogen-bond donors (Lipinski definition) is 1. The van der Waals surface area contributed by atoms with Gasteiger partial charge in [0, 0.05) is 24.0 Å². The van der Waals surface area contributed by atoms with Crippen LogP contribution in [0.25, 0.3) is 0 Å². The first kappa shape index (κ1) is 28.5. The van der Waals surface area contributed by atoms with Crippen molar-refractivity contribution in [2.45, 2.75) is 64.1 Å². The second kappa shape index (κ2) is 14.0. The Morgan fingerprint density at radius 3 is 2.41 bits per heavy atom. The molecule has 39 heavy (non-hydrogen) atoms. The molecule has 0 unspecified atom stereocenters. The predicted octanol–water partition coefficient (Wildman–Crippen LogP) is 6.12. The van der Waals surface area contributed by atoms with E-state index in [0.29, 0.717) is 22.9 Å². The van der Waals surface area contributed by atoms with Gasteiger partial charge in [0.05, 0.1) is 7.11 Å². The molecule has 3 aromatic carbocycles. The van der Waals surface area contributed by atoms with Crippen LogP contribution in [0.3, 0.4) is 0 Å². The van der Waals surface area contributed by atoms with Gasteiger partial charge in [0.1, 0.15) is 17.5 Å². The second-order valence-corrected chi connectivity index (χ2v) is 10.5. The maximum absolute atomic E-state index is 13.8. The van der Waals surface area contributed by atoms with Gasteiger partial charge in [-0.3, -0.25) is 9.59 Å². The maximum Gasteiger partial charge on any atom is 0.261 e. The Labute approximate surface area is 236 Å². The van der Waals surface area contributed by atoms with Crippen LogP contribution in [-0.4, -0.2) is 42.5 Å². The number of aryl methyl sites for hydroxylation is 1. The molecule has 7 heteroatoms. The van der Waals surface area contributed by atoms with Crippen LogP contribution in [0.5, 0.6) is 11.5 Å². The second-order valence-electron chi connectivity index (χ2n) is 10.1. The van der Waals surface area contributed by atoms with Gasteiger partial charge in [-0.15, -0.1) is 0 Å². The third-order valence-electron chi connectivity index (χ3n) is 7.20. The number of ether oxygens (including phenoxy) is 2. The van der Waals surface area contributed by atoms with Gasteiger partial charge in [0.2, 0.25) is 5.91 Å². The molecule has 1 N–H and O–H groups in total. The summed E-state index contributed by atoms with van der Waals surface area (Å²) < 4.78 is 11.3. The quantitative estimate of drug-likeness (QED) is 0.313. The number of nitrogens with one attached hydrogen (secondary N) is 1. The largest absolute Gasteiger partial charge is 0.497 e. The minimum absolute atomic E-state index is 0.131. The maximum atomic E-state index is 13.8.